The second kappa shape index (κ2) is 2.51. The van der Waals surface area contributed by atoms with Gasteiger partial charge in [0, 0.05) is 10.9 Å². The quantitative estimate of drug-likeness (QED) is 0.422. The highest BCUT2D eigenvalue weighted by atomic mass is 32.2. The lowest BCUT2D eigenvalue weighted by Crippen LogP contribution is -1.93. The molecule has 0 spiro atoms. The summed E-state index contributed by atoms with van der Waals surface area (Å²) >= 11 is 0. The summed E-state index contributed by atoms with van der Waals surface area (Å²) in [5, 5.41) is 0. The van der Waals surface area contributed by atoms with E-state index < -0.39 is 0 Å². The first-order chi connectivity index (χ1) is 2.27. The first-order valence-corrected chi connectivity index (χ1v) is 3.58. The van der Waals surface area contributed by atoms with Gasteiger partial charge < -0.3 is 0 Å². The number of halogens is 1. The molecule has 2 heteroatoms. The van der Waals surface area contributed by atoms with Crippen molar-refractivity contribution in [3.63, 3.8) is 0 Å². The predicted molar refractivity (Wildman–Crippen MR) is 25.2 cm³/mol. The third-order valence-electron chi connectivity index (χ3n) is 0.218. The minimum absolute atomic E-state index is 0.0108. The van der Waals surface area contributed by atoms with Gasteiger partial charge in [-0.15, -0.1) is 0 Å². The molecule has 0 aromatic rings. The lowest BCUT2D eigenvalue weighted by atomic mass is 11.8. The highest BCUT2D eigenvalue weighted by Crippen LogP contribution is 1.79. The van der Waals surface area contributed by atoms with E-state index in [1.807, 2.05) is 12.5 Å². The summed E-state index contributed by atoms with van der Waals surface area (Å²) in [5.41, 5.74) is 0. The molecule has 0 aromatic heterocycles. The van der Waals surface area contributed by atoms with Crippen LogP contribution in [0.25, 0.3) is 0 Å². The summed E-state index contributed by atoms with van der Waals surface area (Å²) in [6.07, 6.45) is 3.75. The molecule has 0 heterocycles. The first kappa shape index (κ1) is 5.28. The van der Waals surface area contributed by atoms with E-state index >= 15 is 0 Å². The van der Waals surface area contributed by atoms with Crippen LogP contribution in [0, 0.1) is 0 Å². The van der Waals surface area contributed by atoms with Crippen molar-refractivity contribution in [1.82, 2.24) is 0 Å². The fourth-order valence-electron chi connectivity index (χ4n) is 0. The molecule has 0 aromatic carbocycles. The molecule has 32 valence electrons. The summed E-state index contributed by atoms with van der Waals surface area (Å²) in [4.78, 5) is 0. The van der Waals surface area contributed by atoms with Gasteiger partial charge in [-0.25, -0.2) is 0 Å². The van der Waals surface area contributed by atoms with Crippen molar-refractivity contribution in [2.24, 2.45) is 0 Å². The monoisotopic (exact) mass is 95.0 g/mol. The van der Waals surface area contributed by atoms with Crippen molar-refractivity contribution < 1.29 is 4.39 Å². The maximum atomic E-state index is 11.1. The minimum Gasteiger partial charge on any atom is -0.193 e. The SMILES string of the molecule is C[S+](C)CF. The van der Waals surface area contributed by atoms with Gasteiger partial charge in [0.05, 0.1) is 12.5 Å². The summed E-state index contributed by atoms with van der Waals surface area (Å²) in [6.45, 7) is 0. The van der Waals surface area contributed by atoms with Crippen molar-refractivity contribution in [2.45, 2.75) is 0 Å². The zero-order valence-electron chi connectivity index (χ0n) is 3.49. The third-order valence-corrected chi connectivity index (χ3v) is 0.655. The molecule has 5 heavy (non-hydrogen) atoms. The number of rotatable bonds is 1. The molecule has 0 saturated heterocycles. The van der Waals surface area contributed by atoms with Gasteiger partial charge in [-0.2, -0.15) is 4.39 Å². The molecule has 0 amide bonds. The Morgan fingerprint density at radius 3 is 1.80 bits per heavy atom. The molecule has 0 aliphatic heterocycles. The van der Waals surface area contributed by atoms with Crippen molar-refractivity contribution in [3.05, 3.63) is 0 Å². The normalized spacial score (nSPS) is 9.60. The standard InChI is InChI=1S/C3H8FS/c1-5(2)3-4/h3H2,1-2H3/q+1. The molecule has 0 fully saturated rings. The van der Waals surface area contributed by atoms with Crippen LogP contribution in [-0.4, -0.2) is 18.5 Å². The van der Waals surface area contributed by atoms with Crippen molar-refractivity contribution in [2.75, 3.05) is 18.5 Å². The molecule has 0 rings (SSSR count). The van der Waals surface area contributed by atoms with Gasteiger partial charge in [0.15, 0.2) is 0 Å². The van der Waals surface area contributed by atoms with Crippen LogP contribution in [0.5, 0.6) is 0 Å². The Morgan fingerprint density at radius 1 is 1.60 bits per heavy atom. The van der Waals surface area contributed by atoms with Crippen LogP contribution in [0.15, 0.2) is 0 Å². The van der Waals surface area contributed by atoms with Crippen LogP contribution in [-0.2, 0) is 10.9 Å². The average molecular weight is 95.2 g/mol. The van der Waals surface area contributed by atoms with Crippen molar-refractivity contribution >= 4 is 10.9 Å². The lowest BCUT2D eigenvalue weighted by molar-refractivity contribution is 0.603. The first-order valence-electron chi connectivity index (χ1n) is 1.37. The molecule has 0 aliphatic rings. The van der Waals surface area contributed by atoms with E-state index in [1.54, 1.807) is 0 Å². The van der Waals surface area contributed by atoms with Crippen LogP contribution in [0.4, 0.5) is 4.39 Å². The summed E-state index contributed by atoms with van der Waals surface area (Å²) in [5.74, 6) is 0. The number of hydrogen-bond acceptors (Lipinski definition) is 0. The van der Waals surface area contributed by atoms with E-state index in [9.17, 15) is 4.39 Å². The van der Waals surface area contributed by atoms with Crippen LogP contribution < -0.4 is 0 Å². The Kier molecular flexibility index (Phi) is 2.65. The van der Waals surface area contributed by atoms with E-state index in [0.717, 1.165) is 0 Å². The largest absolute Gasteiger partial charge is 0.245 e. The zero-order valence-corrected chi connectivity index (χ0v) is 4.31. The predicted octanol–water partition coefficient (Wildman–Crippen LogP) is 0.791. The Bertz CT molecular complexity index is 20.9. The van der Waals surface area contributed by atoms with E-state index in [4.69, 9.17) is 0 Å². The molecule has 0 bridgehead atoms. The highest BCUT2D eigenvalue weighted by molar-refractivity contribution is 7.95. The van der Waals surface area contributed by atoms with Gasteiger partial charge in [0.2, 0.25) is 6.01 Å². The van der Waals surface area contributed by atoms with Gasteiger partial charge in [-0.3, -0.25) is 0 Å². The molecule has 0 nitrogen and oxygen atoms in total. The van der Waals surface area contributed by atoms with Gasteiger partial charge in [-0.05, 0) is 0 Å². The zero-order chi connectivity index (χ0) is 4.28. The molecule has 0 radical (unpaired) electrons. The molecular formula is C3H8FS+. The smallest absolute Gasteiger partial charge is 0.193 e. The molecule has 0 aliphatic carbocycles. The Balaban J connectivity index is 2.54. The summed E-state index contributed by atoms with van der Waals surface area (Å²) < 4.78 is 11.1. The van der Waals surface area contributed by atoms with Crippen LogP contribution in [0.1, 0.15) is 0 Å². The maximum absolute atomic E-state index is 11.1. The fraction of sp³-hybridized carbons (Fsp3) is 1.00. The Morgan fingerprint density at radius 2 is 1.80 bits per heavy atom. The maximum Gasteiger partial charge on any atom is 0.245 e. The van der Waals surface area contributed by atoms with Gasteiger partial charge in [0.25, 0.3) is 0 Å². The lowest BCUT2D eigenvalue weighted by Gasteiger charge is -1.77. The third kappa shape index (κ3) is 4.28. The molecule has 0 saturated carbocycles. The summed E-state index contributed by atoms with van der Waals surface area (Å²) in [6, 6.07) is -0.167. The molecular weight excluding hydrogens is 87.1 g/mol. The van der Waals surface area contributed by atoms with Crippen molar-refractivity contribution in [3.8, 4) is 0 Å². The van der Waals surface area contributed by atoms with Gasteiger partial charge in [0.1, 0.15) is 0 Å². The van der Waals surface area contributed by atoms with E-state index in [1.165, 1.54) is 0 Å². The average Bonchev–Trinajstić information content (AvgIpc) is 1.38. The van der Waals surface area contributed by atoms with Crippen LogP contribution in [0.2, 0.25) is 0 Å². The van der Waals surface area contributed by atoms with E-state index in [2.05, 4.69) is 0 Å². The topological polar surface area (TPSA) is 0 Å². The second-order valence-electron chi connectivity index (χ2n) is 1.09. The minimum atomic E-state index is -0.167. The van der Waals surface area contributed by atoms with Crippen molar-refractivity contribution in [1.29, 1.82) is 0 Å². The second-order valence-corrected chi connectivity index (χ2v) is 3.28. The van der Waals surface area contributed by atoms with Gasteiger partial charge >= 0.3 is 0 Å². The van der Waals surface area contributed by atoms with E-state index in [-0.39, 0.29) is 16.9 Å². The molecule has 0 unspecified atom stereocenters. The highest BCUT2D eigenvalue weighted by Gasteiger charge is 1.93. The van der Waals surface area contributed by atoms with Crippen LogP contribution in [0.3, 0.4) is 0 Å². The Hall–Kier alpha value is 0.280. The summed E-state index contributed by atoms with van der Waals surface area (Å²) in [7, 11) is 0.0108. The molecule has 0 atom stereocenters. The molecule has 0 N–H and O–H groups in total. The fourth-order valence-corrected chi connectivity index (χ4v) is 0. The van der Waals surface area contributed by atoms with Crippen LogP contribution >= 0.6 is 0 Å². The van der Waals surface area contributed by atoms with Gasteiger partial charge in [-0.1, -0.05) is 0 Å². The Labute approximate surface area is 34.7 Å². The number of alkyl halides is 1. The number of hydrogen-bond donors (Lipinski definition) is 0. The van der Waals surface area contributed by atoms with E-state index in [0.29, 0.717) is 0 Å².